The van der Waals surface area contributed by atoms with Crippen molar-refractivity contribution in [3.05, 3.63) is 0 Å². The summed E-state index contributed by atoms with van der Waals surface area (Å²) in [5, 5.41) is 20.0. The molecule has 0 bridgehead atoms. The molecule has 5 nitrogen and oxygen atoms in total. The van der Waals surface area contributed by atoms with Crippen LogP contribution in [-0.2, 0) is 9.59 Å². The summed E-state index contributed by atoms with van der Waals surface area (Å²) in [4.78, 5) is 22.7. The maximum atomic E-state index is 12.0. The summed E-state index contributed by atoms with van der Waals surface area (Å²) in [6.45, 7) is 1.28. The van der Waals surface area contributed by atoms with Crippen LogP contribution in [0.3, 0.4) is 0 Å². The largest absolute Gasteiger partial charge is 0.481 e. The molecular formula is C11H17F2NO4. The molecule has 1 aliphatic rings. The minimum atomic E-state index is -2.93. The van der Waals surface area contributed by atoms with E-state index in [9.17, 15) is 18.4 Å². The Morgan fingerprint density at radius 1 is 1.33 bits per heavy atom. The van der Waals surface area contributed by atoms with Crippen LogP contribution in [0.5, 0.6) is 0 Å². The van der Waals surface area contributed by atoms with Crippen molar-refractivity contribution in [2.45, 2.75) is 32.3 Å². The monoisotopic (exact) mass is 265 g/mol. The smallest absolute Gasteiger partial charge is 0.307 e. The number of amides is 1. The summed E-state index contributed by atoms with van der Waals surface area (Å²) in [5.41, 5.74) is 0. The number of aliphatic hydroxyl groups is 1. The fraction of sp³-hybridized carbons (Fsp3) is 0.818. The quantitative estimate of drug-likeness (QED) is 0.674. The zero-order valence-electron chi connectivity index (χ0n) is 9.97. The molecule has 1 aliphatic carbocycles. The highest BCUT2D eigenvalue weighted by molar-refractivity contribution is 5.85. The predicted octanol–water partition coefficient (Wildman–Crippen LogP) is 0.475. The van der Waals surface area contributed by atoms with Crippen molar-refractivity contribution < 1.29 is 28.6 Å². The molecule has 0 aromatic carbocycles. The van der Waals surface area contributed by atoms with E-state index in [1.807, 2.05) is 6.92 Å². The van der Waals surface area contributed by atoms with Gasteiger partial charge in [0.05, 0.1) is 11.8 Å². The zero-order valence-corrected chi connectivity index (χ0v) is 9.97. The van der Waals surface area contributed by atoms with Crippen molar-refractivity contribution in [1.82, 2.24) is 5.32 Å². The molecule has 0 spiro atoms. The van der Waals surface area contributed by atoms with Crippen molar-refractivity contribution >= 4 is 11.9 Å². The number of aliphatic carboxylic acids is 1. The molecule has 104 valence electrons. The molecule has 0 radical (unpaired) electrons. The second kappa shape index (κ2) is 6.08. The van der Waals surface area contributed by atoms with E-state index in [2.05, 4.69) is 5.32 Å². The average molecular weight is 265 g/mol. The van der Waals surface area contributed by atoms with Gasteiger partial charge in [0.2, 0.25) is 5.91 Å². The van der Waals surface area contributed by atoms with Crippen molar-refractivity contribution in [3.8, 4) is 0 Å². The molecule has 2 unspecified atom stereocenters. The lowest BCUT2D eigenvalue weighted by atomic mass is 9.95. The van der Waals surface area contributed by atoms with Gasteiger partial charge in [0, 0.05) is 6.54 Å². The first kappa shape index (κ1) is 14.8. The van der Waals surface area contributed by atoms with Crippen LogP contribution in [-0.4, -0.2) is 41.2 Å². The number of carboxylic acids is 1. The van der Waals surface area contributed by atoms with Crippen molar-refractivity contribution in [2.75, 3.05) is 6.54 Å². The molecule has 4 atom stereocenters. The van der Waals surface area contributed by atoms with Gasteiger partial charge >= 0.3 is 5.97 Å². The third-order valence-electron chi connectivity index (χ3n) is 3.23. The van der Waals surface area contributed by atoms with Crippen LogP contribution in [0.15, 0.2) is 0 Å². The SMILES string of the molecule is CC1C[C@H](C(=O)NCC(O)C(F)F)[C@H](C(=O)O)C1. The fourth-order valence-electron chi connectivity index (χ4n) is 2.28. The molecule has 0 aliphatic heterocycles. The molecule has 1 saturated carbocycles. The van der Waals surface area contributed by atoms with Gasteiger partial charge in [0.15, 0.2) is 0 Å². The van der Waals surface area contributed by atoms with Gasteiger partial charge in [-0.25, -0.2) is 8.78 Å². The van der Waals surface area contributed by atoms with Gasteiger partial charge < -0.3 is 15.5 Å². The van der Waals surface area contributed by atoms with E-state index in [-0.39, 0.29) is 5.92 Å². The van der Waals surface area contributed by atoms with E-state index < -0.39 is 42.8 Å². The molecule has 18 heavy (non-hydrogen) atoms. The molecule has 7 heteroatoms. The van der Waals surface area contributed by atoms with Crippen LogP contribution in [0.25, 0.3) is 0 Å². The maximum Gasteiger partial charge on any atom is 0.307 e. The molecule has 1 amide bonds. The Morgan fingerprint density at radius 3 is 2.39 bits per heavy atom. The summed E-state index contributed by atoms with van der Waals surface area (Å²) in [6, 6.07) is 0. The average Bonchev–Trinajstić information content (AvgIpc) is 2.67. The van der Waals surface area contributed by atoms with Gasteiger partial charge in [0.25, 0.3) is 6.43 Å². The molecule has 0 saturated heterocycles. The molecular weight excluding hydrogens is 248 g/mol. The Bertz CT molecular complexity index is 324. The number of aliphatic hydroxyl groups excluding tert-OH is 1. The first-order chi connectivity index (χ1) is 8.32. The lowest BCUT2D eigenvalue weighted by molar-refractivity contribution is -0.146. The summed E-state index contributed by atoms with van der Waals surface area (Å²) in [6.07, 6.45) is -4.02. The van der Waals surface area contributed by atoms with Crippen molar-refractivity contribution in [3.63, 3.8) is 0 Å². The Kier molecular flexibility index (Phi) is 5.01. The van der Waals surface area contributed by atoms with Gasteiger partial charge in [-0.15, -0.1) is 0 Å². The Labute approximate surface area is 103 Å². The topological polar surface area (TPSA) is 86.6 Å². The number of alkyl halides is 2. The second-order valence-corrected chi connectivity index (χ2v) is 4.77. The number of carbonyl (C=O) groups excluding carboxylic acids is 1. The number of rotatable bonds is 5. The van der Waals surface area contributed by atoms with Crippen LogP contribution >= 0.6 is 0 Å². The minimum absolute atomic E-state index is 0.113. The predicted molar refractivity (Wildman–Crippen MR) is 58.0 cm³/mol. The molecule has 0 heterocycles. The first-order valence-electron chi connectivity index (χ1n) is 5.79. The van der Waals surface area contributed by atoms with Gasteiger partial charge in [0.1, 0.15) is 6.10 Å². The highest BCUT2D eigenvalue weighted by Gasteiger charge is 2.41. The maximum absolute atomic E-state index is 12.0. The summed E-state index contributed by atoms with van der Waals surface area (Å²) in [7, 11) is 0. The highest BCUT2D eigenvalue weighted by Crippen LogP contribution is 2.36. The molecule has 0 aromatic heterocycles. The first-order valence-corrected chi connectivity index (χ1v) is 5.79. The van der Waals surface area contributed by atoms with E-state index in [0.717, 1.165) is 0 Å². The Hall–Kier alpha value is -1.24. The van der Waals surface area contributed by atoms with Crippen LogP contribution < -0.4 is 5.32 Å². The van der Waals surface area contributed by atoms with Crippen LogP contribution in [0.2, 0.25) is 0 Å². The van der Waals surface area contributed by atoms with Crippen LogP contribution in [0, 0.1) is 17.8 Å². The Morgan fingerprint density at radius 2 is 1.89 bits per heavy atom. The number of hydrogen-bond donors (Lipinski definition) is 3. The van der Waals surface area contributed by atoms with E-state index in [1.54, 1.807) is 0 Å². The summed E-state index contributed by atoms with van der Waals surface area (Å²) in [5.74, 6) is -2.99. The number of carboxylic acid groups (broad SMARTS) is 1. The lowest BCUT2D eigenvalue weighted by Gasteiger charge is -2.17. The molecule has 1 rings (SSSR count). The standard InChI is InChI=1S/C11H17F2NO4/c1-5-2-6(7(3-5)11(17)18)10(16)14-4-8(15)9(12)13/h5-9,15H,2-4H2,1H3,(H,14,16)(H,17,18)/t5?,6-,7+,8?/m0/s1. The minimum Gasteiger partial charge on any atom is -0.481 e. The third-order valence-corrected chi connectivity index (χ3v) is 3.23. The number of nitrogens with one attached hydrogen (secondary N) is 1. The number of carbonyl (C=O) groups is 2. The van der Waals surface area contributed by atoms with Crippen molar-refractivity contribution in [2.24, 2.45) is 17.8 Å². The van der Waals surface area contributed by atoms with E-state index in [4.69, 9.17) is 10.2 Å². The summed E-state index contributed by atoms with van der Waals surface area (Å²) >= 11 is 0. The van der Waals surface area contributed by atoms with Crippen LogP contribution in [0.4, 0.5) is 8.78 Å². The zero-order chi connectivity index (χ0) is 13.9. The van der Waals surface area contributed by atoms with E-state index in [0.29, 0.717) is 12.8 Å². The lowest BCUT2D eigenvalue weighted by Crippen LogP contribution is -2.41. The van der Waals surface area contributed by atoms with Crippen LogP contribution in [0.1, 0.15) is 19.8 Å². The second-order valence-electron chi connectivity index (χ2n) is 4.77. The van der Waals surface area contributed by atoms with Gasteiger partial charge in [-0.3, -0.25) is 9.59 Å². The Balaban J connectivity index is 2.52. The van der Waals surface area contributed by atoms with Gasteiger partial charge in [-0.1, -0.05) is 6.92 Å². The number of hydrogen-bond acceptors (Lipinski definition) is 3. The highest BCUT2D eigenvalue weighted by atomic mass is 19.3. The third kappa shape index (κ3) is 3.63. The van der Waals surface area contributed by atoms with Gasteiger partial charge in [-0.2, -0.15) is 0 Å². The number of halogens is 2. The molecule has 1 fully saturated rings. The molecule has 3 N–H and O–H groups in total. The fourth-order valence-corrected chi connectivity index (χ4v) is 2.28. The van der Waals surface area contributed by atoms with E-state index in [1.165, 1.54) is 0 Å². The van der Waals surface area contributed by atoms with E-state index >= 15 is 0 Å². The van der Waals surface area contributed by atoms with Gasteiger partial charge in [-0.05, 0) is 18.8 Å². The normalized spacial score (nSPS) is 29.3. The van der Waals surface area contributed by atoms with Crippen molar-refractivity contribution in [1.29, 1.82) is 0 Å². The summed E-state index contributed by atoms with van der Waals surface area (Å²) < 4.78 is 24.1. The molecule has 0 aromatic rings.